The molecule has 1 fully saturated rings. The lowest BCUT2D eigenvalue weighted by Crippen LogP contribution is -2.39. The van der Waals surface area contributed by atoms with Gasteiger partial charge in [0.05, 0.1) is 0 Å². The molecule has 0 radical (unpaired) electrons. The van der Waals surface area contributed by atoms with Crippen LogP contribution in [0.25, 0.3) is 0 Å². The molecule has 0 atom stereocenters. The normalized spacial score (nSPS) is 15.9. The van der Waals surface area contributed by atoms with Crippen molar-refractivity contribution >= 4 is 17.5 Å². The summed E-state index contributed by atoms with van der Waals surface area (Å²) < 4.78 is 10.6. The number of aryl methyl sites for hydroxylation is 2. The highest BCUT2D eigenvalue weighted by Gasteiger charge is 2.56. The van der Waals surface area contributed by atoms with Crippen molar-refractivity contribution in [2.75, 3.05) is 12.1 Å². The third-order valence-electron chi connectivity index (χ3n) is 5.15. The smallest absolute Gasteiger partial charge is 0.240 e. The molecular weight excluding hydrogens is 344 g/mol. The fraction of sp³-hybridized carbons (Fsp3) is 0.333. The molecule has 0 spiro atoms. The number of rotatable bonds is 5. The summed E-state index contributed by atoms with van der Waals surface area (Å²) in [6, 6.07) is 11.4. The first kappa shape index (κ1) is 17.4. The van der Waals surface area contributed by atoms with Gasteiger partial charge >= 0.3 is 0 Å². The van der Waals surface area contributed by atoms with Gasteiger partial charge in [0.15, 0.2) is 11.5 Å². The molecule has 4 rings (SSSR count). The molecule has 2 aromatic carbocycles. The second kappa shape index (κ2) is 6.61. The number of anilines is 1. The summed E-state index contributed by atoms with van der Waals surface area (Å²) in [5.74, 6) is 0.912. The summed E-state index contributed by atoms with van der Waals surface area (Å²) in [7, 11) is 0. The molecule has 2 N–H and O–H groups in total. The van der Waals surface area contributed by atoms with Crippen molar-refractivity contribution in [1.29, 1.82) is 0 Å². The summed E-state index contributed by atoms with van der Waals surface area (Å²) in [5.41, 5.74) is 2.73. The predicted molar refractivity (Wildman–Crippen MR) is 101 cm³/mol. The molecule has 1 aliphatic heterocycles. The van der Waals surface area contributed by atoms with Gasteiger partial charge in [-0.1, -0.05) is 18.2 Å². The number of ether oxygens (including phenoxy) is 2. The maximum Gasteiger partial charge on any atom is 0.240 e. The number of hydrogen-bond donors (Lipinski definition) is 2. The van der Waals surface area contributed by atoms with Crippen LogP contribution in [-0.2, 0) is 16.1 Å². The lowest BCUT2D eigenvalue weighted by atomic mass is 10.0. The maximum absolute atomic E-state index is 12.8. The minimum absolute atomic E-state index is 0.215. The Kier molecular flexibility index (Phi) is 4.26. The molecule has 1 heterocycles. The number of hydrogen-bond acceptors (Lipinski definition) is 4. The molecule has 0 unspecified atom stereocenters. The van der Waals surface area contributed by atoms with Gasteiger partial charge in [0.2, 0.25) is 18.6 Å². The van der Waals surface area contributed by atoms with E-state index in [0.717, 1.165) is 22.4 Å². The van der Waals surface area contributed by atoms with Crippen molar-refractivity contribution in [1.82, 2.24) is 5.32 Å². The van der Waals surface area contributed by atoms with E-state index >= 15 is 0 Å². The van der Waals surface area contributed by atoms with E-state index in [4.69, 9.17) is 9.47 Å². The Morgan fingerprint density at radius 2 is 1.78 bits per heavy atom. The van der Waals surface area contributed by atoms with E-state index in [-0.39, 0.29) is 18.6 Å². The SMILES string of the molecule is Cc1ccc(C)c(NC(=O)C2(C(=O)NCc3ccc4c(c3)OCO4)CC2)c1. The zero-order valence-electron chi connectivity index (χ0n) is 15.4. The van der Waals surface area contributed by atoms with Gasteiger partial charge in [0, 0.05) is 12.2 Å². The van der Waals surface area contributed by atoms with Gasteiger partial charge in [0.1, 0.15) is 5.41 Å². The summed E-state index contributed by atoms with van der Waals surface area (Å²) in [6.45, 7) is 4.47. The molecule has 6 nitrogen and oxygen atoms in total. The van der Waals surface area contributed by atoms with Crippen molar-refractivity contribution in [2.24, 2.45) is 5.41 Å². The second-order valence-electron chi connectivity index (χ2n) is 7.22. The van der Waals surface area contributed by atoms with E-state index in [1.54, 1.807) is 0 Å². The number of carbonyl (C=O) groups excluding carboxylic acids is 2. The highest BCUT2D eigenvalue weighted by atomic mass is 16.7. The van der Waals surface area contributed by atoms with E-state index < -0.39 is 5.41 Å². The molecule has 0 aromatic heterocycles. The molecular formula is C21H22N2O4. The number of carbonyl (C=O) groups is 2. The molecule has 1 saturated carbocycles. The van der Waals surface area contributed by atoms with Gasteiger partial charge in [-0.2, -0.15) is 0 Å². The third-order valence-corrected chi connectivity index (χ3v) is 5.15. The number of nitrogens with one attached hydrogen (secondary N) is 2. The Labute approximate surface area is 157 Å². The third kappa shape index (κ3) is 3.35. The zero-order chi connectivity index (χ0) is 19.0. The number of benzene rings is 2. The van der Waals surface area contributed by atoms with Crippen LogP contribution >= 0.6 is 0 Å². The Balaban J connectivity index is 1.40. The van der Waals surface area contributed by atoms with Crippen LogP contribution in [0.4, 0.5) is 5.69 Å². The summed E-state index contributed by atoms with van der Waals surface area (Å²) in [4.78, 5) is 25.4. The Morgan fingerprint density at radius 1 is 1.00 bits per heavy atom. The monoisotopic (exact) mass is 366 g/mol. The first-order valence-corrected chi connectivity index (χ1v) is 9.03. The van der Waals surface area contributed by atoms with Gasteiger partial charge in [-0.25, -0.2) is 0 Å². The van der Waals surface area contributed by atoms with Crippen LogP contribution in [0.15, 0.2) is 36.4 Å². The Hall–Kier alpha value is -3.02. The molecule has 2 amide bonds. The topological polar surface area (TPSA) is 76.7 Å². The number of fused-ring (bicyclic) bond motifs is 1. The molecule has 0 bridgehead atoms. The Bertz CT molecular complexity index is 918. The van der Waals surface area contributed by atoms with Crippen LogP contribution in [0.3, 0.4) is 0 Å². The van der Waals surface area contributed by atoms with Crippen LogP contribution in [0.1, 0.15) is 29.5 Å². The van der Waals surface area contributed by atoms with E-state index in [9.17, 15) is 9.59 Å². The van der Waals surface area contributed by atoms with Gasteiger partial charge < -0.3 is 20.1 Å². The molecule has 0 saturated heterocycles. The first-order chi connectivity index (χ1) is 13.0. The van der Waals surface area contributed by atoms with E-state index in [1.165, 1.54) is 0 Å². The van der Waals surface area contributed by atoms with E-state index in [1.807, 2.05) is 50.2 Å². The highest BCUT2D eigenvalue weighted by Crippen LogP contribution is 2.47. The van der Waals surface area contributed by atoms with Crippen LogP contribution in [-0.4, -0.2) is 18.6 Å². The van der Waals surface area contributed by atoms with Crippen molar-refractivity contribution in [3.05, 3.63) is 53.1 Å². The van der Waals surface area contributed by atoms with Crippen molar-refractivity contribution in [2.45, 2.75) is 33.2 Å². The van der Waals surface area contributed by atoms with Gasteiger partial charge in [0.25, 0.3) is 0 Å². The summed E-state index contributed by atoms with van der Waals surface area (Å²) >= 11 is 0. The van der Waals surface area contributed by atoms with Crippen molar-refractivity contribution in [3.8, 4) is 11.5 Å². The van der Waals surface area contributed by atoms with Crippen LogP contribution in [0.5, 0.6) is 11.5 Å². The average Bonchev–Trinajstić information content (AvgIpc) is 3.34. The minimum Gasteiger partial charge on any atom is -0.454 e. The van der Waals surface area contributed by atoms with Gasteiger partial charge in [-0.05, 0) is 61.6 Å². The van der Waals surface area contributed by atoms with Crippen molar-refractivity contribution < 1.29 is 19.1 Å². The standard InChI is InChI=1S/C21H22N2O4/c1-13-3-4-14(2)16(9-13)23-20(25)21(7-8-21)19(24)22-11-15-5-6-17-18(10-15)27-12-26-17/h3-6,9-10H,7-8,11-12H2,1-2H3,(H,22,24)(H,23,25). The summed E-state index contributed by atoms with van der Waals surface area (Å²) in [5, 5.41) is 5.82. The highest BCUT2D eigenvalue weighted by molar-refractivity contribution is 6.13. The van der Waals surface area contributed by atoms with Gasteiger partial charge in [-0.15, -0.1) is 0 Å². The first-order valence-electron chi connectivity index (χ1n) is 9.03. The van der Waals surface area contributed by atoms with Crippen LogP contribution < -0.4 is 20.1 Å². The lowest BCUT2D eigenvalue weighted by Gasteiger charge is -2.17. The van der Waals surface area contributed by atoms with E-state index in [2.05, 4.69) is 10.6 Å². The van der Waals surface area contributed by atoms with E-state index in [0.29, 0.717) is 30.9 Å². The summed E-state index contributed by atoms with van der Waals surface area (Å²) in [6.07, 6.45) is 1.13. The minimum atomic E-state index is -0.966. The molecule has 2 aliphatic rings. The quantitative estimate of drug-likeness (QED) is 0.798. The lowest BCUT2D eigenvalue weighted by molar-refractivity contribution is -0.134. The van der Waals surface area contributed by atoms with Gasteiger partial charge in [-0.3, -0.25) is 9.59 Å². The largest absolute Gasteiger partial charge is 0.454 e. The Morgan fingerprint density at radius 3 is 2.56 bits per heavy atom. The fourth-order valence-corrected chi connectivity index (χ4v) is 3.20. The molecule has 140 valence electrons. The zero-order valence-corrected chi connectivity index (χ0v) is 15.4. The van der Waals surface area contributed by atoms with Crippen LogP contribution in [0, 0.1) is 19.3 Å². The molecule has 2 aromatic rings. The molecule has 1 aliphatic carbocycles. The second-order valence-corrected chi connectivity index (χ2v) is 7.22. The molecule has 27 heavy (non-hydrogen) atoms. The fourth-order valence-electron chi connectivity index (χ4n) is 3.20. The maximum atomic E-state index is 12.8. The average molecular weight is 366 g/mol. The molecule has 6 heteroatoms. The van der Waals surface area contributed by atoms with Crippen molar-refractivity contribution in [3.63, 3.8) is 0 Å². The predicted octanol–water partition coefficient (Wildman–Crippen LogP) is 3.07. The van der Waals surface area contributed by atoms with Crippen LogP contribution in [0.2, 0.25) is 0 Å². The number of amides is 2.